The van der Waals surface area contributed by atoms with Gasteiger partial charge in [0.15, 0.2) is 4.83 Å². The fraction of sp³-hybridized carbons (Fsp3) is 0.625. The molecule has 1 saturated heterocycles. The van der Waals surface area contributed by atoms with E-state index in [2.05, 4.69) is 17.2 Å². The molecule has 7 heteroatoms. The molecule has 6 nitrogen and oxygen atoms in total. The van der Waals surface area contributed by atoms with E-state index in [0.717, 1.165) is 55.6 Å². The lowest BCUT2D eigenvalue weighted by Gasteiger charge is -2.17. The summed E-state index contributed by atoms with van der Waals surface area (Å²) in [6.07, 6.45) is 5.14. The van der Waals surface area contributed by atoms with Crippen LogP contribution in [0.25, 0.3) is 10.2 Å². The average molecular weight is 332 g/mol. The largest absolute Gasteiger partial charge is 0.341 e. The van der Waals surface area contributed by atoms with Crippen LogP contribution >= 0.6 is 11.3 Å². The fourth-order valence-corrected chi connectivity index (χ4v) is 4.91. The summed E-state index contributed by atoms with van der Waals surface area (Å²) in [5, 5.41) is 8.91. The highest BCUT2D eigenvalue weighted by molar-refractivity contribution is 7.18. The minimum atomic E-state index is -0.158. The Labute approximate surface area is 138 Å². The summed E-state index contributed by atoms with van der Waals surface area (Å²) in [5.41, 5.74) is 0.986. The number of aryl methyl sites for hydroxylation is 1. The van der Waals surface area contributed by atoms with Gasteiger partial charge in [0, 0.05) is 18.0 Å². The second-order valence-electron chi connectivity index (χ2n) is 6.67. The van der Waals surface area contributed by atoms with Gasteiger partial charge < -0.3 is 4.90 Å². The van der Waals surface area contributed by atoms with Gasteiger partial charge in [-0.2, -0.15) is 0 Å². The lowest BCUT2D eigenvalue weighted by molar-refractivity contribution is -0.131. The zero-order chi connectivity index (χ0) is 16.0. The average Bonchev–Trinajstić information content (AvgIpc) is 3.16. The molecule has 0 saturated carbocycles. The van der Waals surface area contributed by atoms with E-state index in [1.807, 2.05) is 4.90 Å². The number of thiophene rings is 1. The Morgan fingerprint density at radius 2 is 2.13 bits per heavy atom. The molecule has 2 aromatic rings. The van der Waals surface area contributed by atoms with Crippen molar-refractivity contribution in [3.8, 4) is 0 Å². The van der Waals surface area contributed by atoms with Crippen molar-refractivity contribution in [2.24, 2.45) is 5.92 Å². The lowest BCUT2D eigenvalue weighted by atomic mass is 9.89. The van der Waals surface area contributed by atoms with Crippen LogP contribution in [0, 0.1) is 5.92 Å². The molecule has 23 heavy (non-hydrogen) atoms. The molecule has 1 aliphatic heterocycles. The highest BCUT2D eigenvalue weighted by atomic mass is 32.1. The molecule has 3 heterocycles. The zero-order valence-electron chi connectivity index (χ0n) is 13.2. The Morgan fingerprint density at radius 3 is 2.91 bits per heavy atom. The molecular formula is C16H20N4O2S. The molecule has 0 radical (unpaired) electrons. The molecule has 4 rings (SSSR count). The Bertz CT molecular complexity index is 819. The molecule has 0 N–H and O–H groups in total. The predicted octanol–water partition coefficient (Wildman–Crippen LogP) is 1.60. The van der Waals surface area contributed by atoms with Crippen LogP contribution in [-0.4, -0.2) is 38.9 Å². The standard InChI is InChI=1S/C16H20N4O2S/c1-10-4-5-11-12(8-10)23-15-14(11)16(22)20(18-17-15)9-13(21)19-6-2-3-7-19/h10H,2-9H2,1H3/t10-/m1/s1. The molecule has 1 fully saturated rings. The number of likely N-dealkylation sites (tertiary alicyclic amines) is 1. The molecule has 1 aliphatic carbocycles. The molecule has 0 unspecified atom stereocenters. The maximum atomic E-state index is 12.8. The van der Waals surface area contributed by atoms with Gasteiger partial charge >= 0.3 is 0 Å². The minimum absolute atomic E-state index is 0.00277. The number of fused-ring (bicyclic) bond motifs is 3. The third kappa shape index (κ3) is 2.56. The number of aromatic nitrogens is 3. The van der Waals surface area contributed by atoms with Crippen LogP contribution in [0.3, 0.4) is 0 Å². The van der Waals surface area contributed by atoms with Crippen molar-refractivity contribution in [2.45, 2.75) is 45.6 Å². The quantitative estimate of drug-likeness (QED) is 0.838. The van der Waals surface area contributed by atoms with Crippen molar-refractivity contribution < 1.29 is 4.79 Å². The number of hydrogen-bond acceptors (Lipinski definition) is 5. The Morgan fingerprint density at radius 1 is 1.35 bits per heavy atom. The minimum Gasteiger partial charge on any atom is -0.341 e. The first-order valence-electron chi connectivity index (χ1n) is 8.29. The highest BCUT2D eigenvalue weighted by Gasteiger charge is 2.25. The second-order valence-corrected chi connectivity index (χ2v) is 7.76. The van der Waals surface area contributed by atoms with E-state index in [4.69, 9.17) is 0 Å². The van der Waals surface area contributed by atoms with E-state index in [1.54, 1.807) is 11.3 Å². The summed E-state index contributed by atoms with van der Waals surface area (Å²) in [7, 11) is 0. The molecule has 122 valence electrons. The number of hydrogen-bond donors (Lipinski definition) is 0. The van der Waals surface area contributed by atoms with Gasteiger partial charge in [-0.3, -0.25) is 9.59 Å². The Balaban J connectivity index is 1.70. The molecule has 0 bridgehead atoms. The van der Waals surface area contributed by atoms with Gasteiger partial charge in [0.25, 0.3) is 5.56 Å². The number of carbonyl (C=O) groups excluding carboxylic acids is 1. The van der Waals surface area contributed by atoms with Crippen LogP contribution in [0.2, 0.25) is 0 Å². The number of nitrogens with zero attached hydrogens (tertiary/aromatic N) is 4. The SMILES string of the molecule is C[C@@H]1CCc2c(sc3nnn(CC(=O)N4CCCC4)c(=O)c23)C1. The number of rotatable bonds is 2. The van der Waals surface area contributed by atoms with E-state index in [0.29, 0.717) is 11.3 Å². The molecular weight excluding hydrogens is 312 g/mol. The fourth-order valence-electron chi connectivity index (χ4n) is 3.59. The van der Waals surface area contributed by atoms with Crippen LogP contribution in [0.15, 0.2) is 4.79 Å². The van der Waals surface area contributed by atoms with Crippen LogP contribution in [0.5, 0.6) is 0 Å². The third-order valence-corrected chi connectivity index (χ3v) is 6.07. The van der Waals surface area contributed by atoms with E-state index in [-0.39, 0.29) is 18.0 Å². The third-order valence-electron chi connectivity index (χ3n) is 4.93. The van der Waals surface area contributed by atoms with Gasteiger partial charge in [-0.25, -0.2) is 4.68 Å². The smallest absolute Gasteiger partial charge is 0.279 e. The summed E-state index contributed by atoms with van der Waals surface area (Å²) in [4.78, 5) is 28.9. The van der Waals surface area contributed by atoms with Crippen molar-refractivity contribution in [1.29, 1.82) is 0 Å². The van der Waals surface area contributed by atoms with Crippen molar-refractivity contribution in [2.75, 3.05) is 13.1 Å². The molecule has 0 aromatic carbocycles. The van der Waals surface area contributed by atoms with Gasteiger partial charge in [0.1, 0.15) is 6.54 Å². The molecule has 1 atom stereocenters. The van der Waals surface area contributed by atoms with Crippen LogP contribution in [0.1, 0.15) is 36.6 Å². The predicted molar refractivity (Wildman–Crippen MR) is 88.7 cm³/mol. The Kier molecular flexibility index (Phi) is 3.67. The van der Waals surface area contributed by atoms with Crippen LogP contribution in [0.4, 0.5) is 0 Å². The zero-order valence-corrected chi connectivity index (χ0v) is 14.1. The summed E-state index contributed by atoms with van der Waals surface area (Å²) in [6.45, 7) is 3.82. The normalized spacial score (nSPS) is 20.9. The van der Waals surface area contributed by atoms with Gasteiger partial charge in [0.2, 0.25) is 5.91 Å². The molecule has 1 amide bonds. The topological polar surface area (TPSA) is 68.1 Å². The van der Waals surface area contributed by atoms with Gasteiger partial charge in [-0.05, 0) is 43.6 Å². The summed E-state index contributed by atoms with van der Waals surface area (Å²) in [6, 6.07) is 0. The first kappa shape index (κ1) is 14.8. The lowest BCUT2D eigenvalue weighted by Crippen LogP contribution is -2.36. The van der Waals surface area contributed by atoms with E-state index < -0.39 is 0 Å². The summed E-state index contributed by atoms with van der Waals surface area (Å²) in [5.74, 6) is 0.624. The van der Waals surface area contributed by atoms with Crippen LogP contribution < -0.4 is 5.56 Å². The maximum absolute atomic E-state index is 12.8. The van der Waals surface area contributed by atoms with Crippen molar-refractivity contribution >= 4 is 27.5 Å². The number of amides is 1. The van der Waals surface area contributed by atoms with E-state index in [1.165, 1.54) is 9.56 Å². The first-order valence-corrected chi connectivity index (χ1v) is 9.11. The summed E-state index contributed by atoms with van der Waals surface area (Å²) >= 11 is 1.59. The summed E-state index contributed by atoms with van der Waals surface area (Å²) < 4.78 is 1.24. The van der Waals surface area contributed by atoms with Gasteiger partial charge in [-0.15, -0.1) is 16.4 Å². The van der Waals surface area contributed by atoms with Gasteiger partial charge in [0.05, 0.1) is 5.39 Å². The molecule has 2 aromatic heterocycles. The van der Waals surface area contributed by atoms with E-state index >= 15 is 0 Å². The van der Waals surface area contributed by atoms with E-state index in [9.17, 15) is 9.59 Å². The van der Waals surface area contributed by atoms with Crippen molar-refractivity contribution in [3.05, 3.63) is 20.8 Å². The van der Waals surface area contributed by atoms with Gasteiger partial charge in [-0.1, -0.05) is 12.1 Å². The molecule has 0 spiro atoms. The first-order chi connectivity index (χ1) is 11.1. The van der Waals surface area contributed by atoms with Crippen LogP contribution in [-0.2, 0) is 24.2 Å². The molecule has 2 aliphatic rings. The maximum Gasteiger partial charge on any atom is 0.279 e. The monoisotopic (exact) mass is 332 g/mol. The number of carbonyl (C=O) groups is 1. The van der Waals surface area contributed by atoms with Crippen molar-refractivity contribution in [1.82, 2.24) is 19.9 Å². The van der Waals surface area contributed by atoms with Crippen molar-refractivity contribution in [3.63, 3.8) is 0 Å². The second kappa shape index (κ2) is 5.70. The Hall–Kier alpha value is -1.76. The highest BCUT2D eigenvalue weighted by Crippen LogP contribution is 2.35.